The molecule has 2 rings (SSSR count). The molecule has 0 aliphatic heterocycles. The summed E-state index contributed by atoms with van der Waals surface area (Å²) in [5, 5.41) is 0. The van der Waals surface area contributed by atoms with Crippen LogP contribution in [-0.2, 0) is 13.5 Å². The monoisotopic (exact) mass is 186 g/mol. The van der Waals surface area contributed by atoms with Gasteiger partial charge in [0.15, 0.2) is 0 Å². The van der Waals surface area contributed by atoms with Gasteiger partial charge in [-0.3, -0.25) is 0 Å². The van der Waals surface area contributed by atoms with Crippen LogP contribution in [0.25, 0.3) is 17.1 Å². The molecule has 2 heteroatoms. The summed E-state index contributed by atoms with van der Waals surface area (Å²) in [6.07, 6.45) is 2.82. The van der Waals surface area contributed by atoms with E-state index in [9.17, 15) is 0 Å². The van der Waals surface area contributed by atoms with E-state index >= 15 is 0 Å². The molecular formula is C12H14N2. The lowest BCUT2D eigenvalue weighted by atomic mass is 10.2. The Morgan fingerprint density at radius 3 is 2.93 bits per heavy atom. The summed E-state index contributed by atoms with van der Waals surface area (Å²) in [7, 11) is 2.06. The van der Waals surface area contributed by atoms with Crippen molar-refractivity contribution in [2.24, 2.45) is 7.05 Å². The smallest absolute Gasteiger partial charge is 0.109 e. The molecule has 0 aliphatic rings. The summed E-state index contributed by atoms with van der Waals surface area (Å²) in [5.41, 5.74) is 3.35. The van der Waals surface area contributed by atoms with Gasteiger partial charge < -0.3 is 4.57 Å². The average Bonchev–Trinajstić information content (AvgIpc) is 2.55. The molecule has 0 amide bonds. The Morgan fingerprint density at radius 2 is 2.29 bits per heavy atom. The van der Waals surface area contributed by atoms with Crippen molar-refractivity contribution in [2.45, 2.75) is 13.3 Å². The summed E-state index contributed by atoms with van der Waals surface area (Å²) in [4.78, 5) is 4.59. The van der Waals surface area contributed by atoms with Gasteiger partial charge in [-0.2, -0.15) is 0 Å². The van der Waals surface area contributed by atoms with Crippen LogP contribution in [0.4, 0.5) is 0 Å². The van der Waals surface area contributed by atoms with Crippen LogP contribution >= 0.6 is 0 Å². The van der Waals surface area contributed by atoms with Crippen molar-refractivity contribution in [2.75, 3.05) is 0 Å². The fraction of sp³-hybridized carbons (Fsp3) is 0.250. The average molecular weight is 186 g/mol. The number of benzene rings is 1. The summed E-state index contributed by atoms with van der Waals surface area (Å²) in [6, 6.07) is 6.18. The highest BCUT2D eigenvalue weighted by molar-refractivity contribution is 5.85. The maximum atomic E-state index is 4.59. The van der Waals surface area contributed by atoms with E-state index in [4.69, 9.17) is 0 Å². The largest absolute Gasteiger partial charge is 0.331 e. The molecule has 0 bridgehead atoms. The quantitative estimate of drug-likeness (QED) is 0.705. The van der Waals surface area contributed by atoms with E-state index < -0.39 is 0 Å². The highest BCUT2D eigenvalue weighted by Gasteiger charge is 2.07. The first-order valence-electron chi connectivity index (χ1n) is 4.84. The van der Waals surface area contributed by atoms with Gasteiger partial charge in [-0.15, -0.1) is 0 Å². The second-order valence-corrected chi connectivity index (χ2v) is 3.36. The van der Waals surface area contributed by atoms with Crippen molar-refractivity contribution in [3.63, 3.8) is 0 Å². The minimum absolute atomic E-state index is 0.960. The molecule has 2 aromatic rings. The minimum atomic E-state index is 0.960. The number of imidazole rings is 1. The first-order chi connectivity index (χ1) is 6.77. The number of hydrogen-bond acceptors (Lipinski definition) is 1. The lowest BCUT2D eigenvalue weighted by Crippen LogP contribution is -1.94. The predicted octanol–water partition coefficient (Wildman–Crippen LogP) is 2.78. The van der Waals surface area contributed by atoms with Crippen molar-refractivity contribution in [3.8, 4) is 0 Å². The SMILES string of the molecule is C=Cc1cccc2c1nc(CC)n2C. The van der Waals surface area contributed by atoms with Gasteiger partial charge in [-0.1, -0.05) is 31.7 Å². The molecule has 0 unspecified atom stereocenters. The van der Waals surface area contributed by atoms with Crippen LogP contribution in [0.3, 0.4) is 0 Å². The van der Waals surface area contributed by atoms with Crippen molar-refractivity contribution in [3.05, 3.63) is 36.2 Å². The number of para-hydroxylation sites is 1. The van der Waals surface area contributed by atoms with E-state index in [1.807, 2.05) is 18.2 Å². The molecule has 0 atom stereocenters. The zero-order valence-corrected chi connectivity index (χ0v) is 8.62. The van der Waals surface area contributed by atoms with Crippen LogP contribution in [0.5, 0.6) is 0 Å². The number of nitrogens with zero attached hydrogens (tertiary/aromatic N) is 2. The van der Waals surface area contributed by atoms with E-state index in [0.717, 1.165) is 23.3 Å². The molecule has 0 saturated carbocycles. The van der Waals surface area contributed by atoms with Crippen LogP contribution in [-0.4, -0.2) is 9.55 Å². The number of aryl methyl sites for hydroxylation is 2. The Balaban J connectivity index is 2.83. The molecular weight excluding hydrogens is 172 g/mol. The molecule has 0 radical (unpaired) electrons. The predicted molar refractivity (Wildman–Crippen MR) is 60.2 cm³/mol. The third-order valence-electron chi connectivity index (χ3n) is 2.57. The van der Waals surface area contributed by atoms with Crippen LogP contribution in [0, 0.1) is 0 Å². The van der Waals surface area contributed by atoms with E-state index in [1.54, 1.807) is 0 Å². The lowest BCUT2D eigenvalue weighted by molar-refractivity contribution is 0.829. The van der Waals surface area contributed by atoms with Gasteiger partial charge in [-0.05, 0) is 6.07 Å². The molecule has 0 saturated heterocycles. The maximum absolute atomic E-state index is 4.59. The Labute approximate surface area is 83.9 Å². The second-order valence-electron chi connectivity index (χ2n) is 3.36. The highest BCUT2D eigenvalue weighted by atomic mass is 15.1. The molecule has 1 heterocycles. The van der Waals surface area contributed by atoms with Crippen LogP contribution < -0.4 is 0 Å². The van der Waals surface area contributed by atoms with Crippen molar-refractivity contribution in [1.82, 2.24) is 9.55 Å². The first kappa shape index (κ1) is 9.00. The van der Waals surface area contributed by atoms with E-state index in [-0.39, 0.29) is 0 Å². The fourth-order valence-corrected chi connectivity index (χ4v) is 1.77. The summed E-state index contributed by atoms with van der Waals surface area (Å²) in [5.74, 6) is 1.12. The van der Waals surface area contributed by atoms with Gasteiger partial charge in [0, 0.05) is 19.0 Å². The Kier molecular flexibility index (Phi) is 2.12. The van der Waals surface area contributed by atoms with Gasteiger partial charge in [0.2, 0.25) is 0 Å². The third kappa shape index (κ3) is 1.15. The summed E-state index contributed by atoms with van der Waals surface area (Å²) < 4.78 is 2.14. The highest BCUT2D eigenvalue weighted by Crippen LogP contribution is 2.19. The molecule has 0 spiro atoms. The molecule has 0 N–H and O–H groups in total. The zero-order valence-electron chi connectivity index (χ0n) is 8.62. The third-order valence-corrected chi connectivity index (χ3v) is 2.57. The molecule has 14 heavy (non-hydrogen) atoms. The van der Waals surface area contributed by atoms with Crippen molar-refractivity contribution < 1.29 is 0 Å². The van der Waals surface area contributed by atoms with Gasteiger partial charge in [0.05, 0.1) is 11.0 Å². The molecule has 72 valence electrons. The molecule has 0 aliphatic carbocycles. The van der Waals surface area contributed by atoms with E-state index in [2.05, 4.69) is 36.2 Å². The fourth-order valence-electron chi connectivity index (χ4n) is 1.77. The number of rotatable bonds is 2. The van der Waals surface area contributed by atoms with E-state index in [0.29, 0.717) is 0 Å². The lowest BCUT2D eigenvalue weighted by Gasteiger charge is -1.98. The second kappa shape index (κ2) is 3.29. The van der Waals surface area contributed by atoms with Gasteiger partial charge in [0.1, 0.15) is 5.82 Å². The van der Waals surface area contributed by atoms with Crippen LogP contribution in [0.15, 0.2) is 24.8 Å². The van der Waals surface area contributed by atoms with E-state index in [1.165, 1.54) is 5.52 Å². The first-order valence-corrected chi connectivity index (χ1v) is 4.84. The summed E-state index contributed by atoms with van der Waals surface area (Å²) in [6.45, 7) is 5.92. The Hall–Kier alpha value is -1.57. The molecule has 0 fully saturated rings. The number of aromatic nitrogens is 2. The van der Waals surface area contributed by atoms with Crippen molar-refractivity contribution >= 4 is 17.1 Å². The molecule has 1 aromatic heterocycles. The normalized spacial score (nSPS) is 10.7. The van der Waals surface area contributed by atoms with Crippen LogP contribution in [0.1, 0.15) is 18.3 Å². The van der Waals surface area contributed by atoms with Gasteiger partial charge >= 0.3 is 0 Å². The van der Waals surface area contributed by atoms with Gasteiger partial charge in [0.25, 0.3) is 0 Å². The zero-order chi connectivity index (χ0) is 10.1. The molecule has 1 aromatic carbocycles. The Bertz CT molecular complexity index is 480. The van der Waals surface area contributed by atoms with Crippen molar-refractivity contribution in [1.29, 1.82) is 0 Å². The van der Waals surface area contributed by atoms with Gasteiger partial charge in [-0.25, -0.2) is 4.98 Å². The maximum Gasteiger partial charge on any atom is 0.109 e. The molecule has 2 nitrogen and oxygen atoms in total. The number of fused-ring (bicyclic) bond motifs is 1. The topological polar surface area (TPSA) is 17.8 Å². The standard InChI is InChI=1S/C12H14N2/c1-4-9-7-6-8-10-12(9)13-11(5-2)14(10)3/h4,6-8H,1,5H2,2-3H3. The summed E-state index contributed by atoms with van der Waals surface area (Å²) >= 11 is 0. The van der Waals surface area contributed by atoms with Crippen LogP contribution in [0.2, 0.25) is 0 Å². The number of hydrogen-bond donors (Lipinski definition) is 0. The minimum Gasteiger partial charge on any atom is -0.331 e. The Morgan fingerprint density at radius 1 is 1.50 bits per heavy atom.